The number of esters is 1. The molecule has 0 aromatic rings. The minimum Gasteiger partial charge on any atom is -0.466 e. The monoisotopic (exact) mass is 696 g/mol. The van der Waals surface area contributed by atoms with Gasteiger partial charge in [-0.3, -0.25) is 0 Å². The summed E-state index contributed by atoms with van der Waals surface area (Å²) in [4.78, 5) is 11.7. The van der Waals surface area contributed by atoms with Crippen molar-refractivity contribution in [3.8, 4) is 11.8 Å². The summed E-state index contributed by atoms with van der Waals surface area (Å²) in [5.74, 6) is 7.00. The fourth-order valence-corrected chi connectivity index (χ4v) is 10.4. The first-order chi connectivity index (χ1) is 21.9. The maximum Gasteiger partial charge on any atom is 0.333 e. The Morgan fingerprint density at radius 1 is 1.04 bits per heavy atom. The van der Waals surface area contributed by atoms with Gasteiger partial charge in [0.1, 0.15) is 6.10 Å². The molecular weight excluding hydrogens is 629 g/mol. The van der Waals surface area contributed by atoms with Gasteiger partial charge in [0.25, 0.3) is 0 Å². The zero-order valence-electron chi connectivity index (χ0n) is 32.8. The lowest BCUT2D eigenvalue weighted by Crippen LogP contribution is -2.49. The van der Waals surface area contributed by atoms with Crippen molar-refractivity contribution in [2.75, 3.05) is 7.11 Å². The number of aliphatic hydroxyl groups is 1. The molecule has 48 heavy (non-hydrogen) atoms. The van der Waals surface area contributed by atoms with E-state index in [0.29, 0.717) is 11.8 Å². The zero-order chi connectivity index (χ0) is 36.5. The Labute approximate surface area is 296 Å². The highest BCUT2D eigenvalue weighted by atomic mass is 28.4. The van der Waals surface area contributed by atoms with E-state index in [4.69, 9.17) is 13.6 Å². The second-order valence-corrected chi connectivity index (χ2v) is 27.8. The number of hydrogen-bond acceptors (Lipinski definition) is 5. The van der Waals surface area contributed by atoms with Crippen molar-refractivity contribution >= 4 is 22.6 Å². The molecule has 0 aromatic heterocycles. The molecule has 1 unspecified atom stereocenters. The Morgan fingerprint density at radius 2 is 1.65 bits per heavy atom. The molecule has 0 heterocycles. The molecule has 3 fully saturated rings. The van der Waals surface area contributed by atoms with Gasteiger partial charge in [0.15, 0.2) is 16.6 Å². The molecule has 270 valence electrons. The SMILES string of the molecule is C=C(CC(O)C#C[C@@H](C)[C@H]1CC[C@H]2C(=CC=C3C[C@@H](O[Si](C)(C)C(C)(C)C)C[C@H](O[Si](C)(C)C(C)(C)C)C3=C)CCC[C@]12C)C(=O)OC. The fraction of sp³-hybridized carbons (Fsp3) is 0.732. The van der Waals surface area contributed by atoms with Crippen molar-refractivity contribution in [1.29, 1.82) is 0 Å². The van der Waals surface area contributed by atoms with Crippen LogP contribution >= 0.6 is 0 Å². The third kappa shape index (κ3) is 9.34. The predicted molar refractivity (Wildman–Crippen MR) is 206 cm³/mol. The largest absolute Gasteiger partial charge is 0.466 e. The molecule has 3 aliphatic carbocycles. The molecule has 1 N–H and O–H groups in total. The van der Waals surface area contributed by atoms with Crippen molar-refractivity contribution in [2.45, 2.75) is 161 Å². The number of carbonyl (C=O) groups excluding carboxylic acids is 1. The molecule has 0 saturated heterocycles. The fourth-order valence-electron chi connectivity index (χ4n) is 7.71. The third-order valence-electron chi connectivity index (χ3n) is 12.8. The van der Waals surface area contributed by atoms with E-state index in [9.17, 15) is 9.90 Å². The van der Waals surface area contributed by atoms with Gasteiger partial charge >= 0.3 is 5.97 Å². The van der Waals surface area contributed by atoms with E-state index in [1.54, 1.807) is 5.57 Å². The summed E-state index contributed by atoms with van der Waals surface area (Å²) < 4.78 is 18.8. The summed E-state index contributed by atoms with van der Waals surface area (Å²) in [5, 5.41) is 10.7. The molecule has 0 aliphatic heterocycles. The summed E-state index contributed by atoms with van der Waals surface area (Å²) in [5.41, 5.74) is 4.38. The van der Waals surface area contributed by atoms with Gasteiger partial charge in [0, 0.05) is 24.3 Å². The van der Waals surface area contributed by atoms with Crippen LogP contribution in [0.25, 0.3) is 0 Å². The molecule has 0 amide bonds. The second kappa shape index (κ2) is 15.3. The van der Waals surface area contributed by atoms with Crippen LogP contribution in [0.2, 0.25) is 36.3 Å². The number of ether oxygens (including phenoxy) is 1. The van der Waals surface area contributed by atoms with Crippen LogP contribution in [0, 0.1) is 35.0 Å². The molecule has 0 radical (unpaired) electrons. The quantitative estimate of drug-likeness (QED) is 0.113. The van der Waals surface area contributed by atoms with Crippen LogP contribution in [0.3, 0.4) is 0 Å². The van der Waals surface area contributed by atoms with Crippen molar-refractivity contribution in [3.05, 3.63) is 47.6 Å². The molecule has 0 bridgehead atoms. The number of hydrogen-bond donors (Lipinski definition) is 1. The van der Waals surface area contributed by atoms with Gasteiger partial charge < -0.3 is 18.7 Å². The second-order valence-electron chi connectivity index (χ2n) is 18.3. The van der Waals surface area contributed by atoms with Gasteiger partial charge in [-0.2, -0.15) is 0 Å². The molecule has 3 aliphatic rings. The highest BCUT2D eigenvalue weighted by Gasteiger charge is 2.51. The Kier molecular flexibility index (Phi) is 13.0. The molecule has 5 nitrogen and oxygen atoms in total. The smallest absolute Gasteiger partial charge is 0.333 e. The van der Waals surface area contributed by atoms with Gasteiger partial charge in [0.2, 0.25) is 0 Å². The lowest BCUT2D eigenvalue weighted by atomic mass is 9.61. The molecule has 3 saturated carbocycles. The van der Waals surface area contributed by atoms with E-state index >= 15 is 0 Å². The molecular formula is C41H68O5Si2. The summed E-state index contributed by atoms with van der Waals surface area (Å²) in [6, 6.07) is 0. The van der Waals surface area contributed by atoms with Crippen molar-refractivity contribution in [1.82, 2.24) is 0 Å². The summed E-state index contributed by atoms with van der Waals surface area (Å²) in [7, 11) is -2.66. The number of rotatable bonds is 9. The summed E-state index contributed by atoms with van der Waals surface area (Å²) in [6.45, 7) is 36.3. The van der Waals surface area contributed by atoms with Gasteiger partial charge in [-0.15, -0.1) is 0 Å². The Hall–Kier alpha value is -1.70. The average molecular weight is 697 g/mol. The van der Waals surface area contributed by atoms with E-state index in [0.717, 1.165) is 31.3 Å². The first-order valence-electron chi connectivity index (χ1n) is 18.3. The molecule has 7 heteroatoms. The number of carbonyl (C=O) groups is 1. The zero-order valence-corrected chi connectivity index (χ0v) is 34.8. The molecule has 0 aromatic carbocycles. The van der Waals surface area contributed by atoms with Crippen LogP contribution in [-0.4, -0.2) is 53.1 Å². The van der Waals surface area contributed by atoms with Gasteiger partial charge in [0.05, 0.1) is 19.3 Å². The minimum atomic E-state index is -2.02. The Balaban J connectivity index is 1.86. The molecule has 0 spiro atoms. The first-order valence-corrected chi connectivity index (χ1v) is 24.1. The number of fused-ring (bicyclic) bond motifs is 1. The van der Waals surface area contributed by atoms with Gasteiger partial charge in [-0.05, 0) is 103 Å². The lowest BCUT2D eigenvalue weighted by Gasteiger charge is -2.45. The molecule has 3 rings (SSSR count). The van der Waals surface area contributed by atoms with Crippen LogP contribution in [0.4, 0.5) is 0 Å². The normalized spacial score (nSPS) is 30.0. The highest BCUT2D eigenvalue weighted by molar-refractivity contribution is 6.74. The maximum absolute atomic E-state index is 11.7. The standard InChI is InChI=1S/C41H68O5Si2/c1-28(18-21-33(42)25-29(2)38(43)44-11)35-22-23-36-31(17-16-24-41(35,36)10)19-20-32-26-34(45-47(12,13)39(4,5)6)27-37(30(32)3)46-48(14,15)40(7,8)9/h19-20,28,33-37,42H,2-3,16-17,22-27H2,1,4-15H3/t28-,33?,34-,35-,36+,37+,41-/m1/s1. The van der Waals surface area contributed by atoms with E-state index in [1.807, 2.05) is 0 Å². The van der Waals surface area contributed by atoms with E-state index < -0.39 is 28.7 Å². The summed E-state index contributed by atoms with van der Waals surface area (Å²) in [6.07, 6.45) is 11.6. The van der Waals surface area contributed by atoms with Crippen LogP contribution in [-0.2, 0) is 18.4 Å². The van der Waals surface area contributed by atoms with E-state index in [2.05, 4.69) is 119 Å². The summed E-state index contributed by atoms with van der Waals surface area (Å²) >= 11 is 0. The minimum absolute atomic E-state index is 0.0221. The number of allylic oxidation sites excluding steroid dienone is 3. The van der Waals surface area contributed by atoms with Crippen LogP contribution in [0.5, 0.6) is 0 Å². The van der Waals surface area contributed by atoms with Crippen molar-refractivity contribution < 1.29 is 23.5 Å². The molecule has 7 atom stereocenters. The van der Waals surface area contributed by atoms with E-state index in [-0.39, 0.29) is 45.6 Å². The topological polar surface area (TPSA) is 65.0 Å². The number of aliphatic hydroxyl groups excluding tert-OH is 1. The number of methoxy groups -OCH3 is 1. The highest BCUT2D eigenvalue weighted by Crippen LogP contribution is 2.59. The van der Waals surface area contributed by atoms with Crippen molar-refractivity contribution in [3.63, 3.8) is 0 Å². The Bertz CT molecular complexity index is 1330. The van der Waals surface area contributed by atoms with Crippen LogP contribution in [0.15, 0.2) is 47.6 Å². The van der Waals surface area contributed by atoms with Crippen LogP contribution < -0.4 is 0 Å². The van der Waals surface area contributed by atoms with Crippen molar-refractivity contribution in [2.24, 2.45) is 23.2 Å². The van der Waals surface area contributed by atoms with Gasteiger partial charge in [-0.25, -0.2) is 4.79 Å². The lowest BCUT2D eigenvalue weighted by molar-refractivity contribution is -0.136. The third-order valence-corrected chi connectivity index (χ3v) is 21.8. The Morgan fingerprint density at radius 3 is 2.23 bits per heavy atom. The predicted octanol–water partition coefficient (Wildman–Crippen LogP) is 10.3. The van der Waals surface area contributed by atoms with Gasteiger partial charge in [-0.1, -0.05) is 98.1 Å². The maximum atomic E-state index is 11.7. The van der Waals surface area contributed by atoms with Crippen LogP contribution in [0.1, 0.15) is 107 Å². The van der Waals surface area contributed by atoms with E-state index in [1.165, 1.54) is 31.9 Å². The first kappa shape index (κ1) is 40.7. The average Bonchev–Trinajstić information content (AvgIpc) is 3.32.